The normalized spacial score (nSPS) is 16.2. The van der Waals surface area contributed by atoms with Gasteiger partial charge in [0.2, 0.25) is 5.91 Å². The SMILES string of the molecule is Cc1ccccc1N1C[C@H](C(=O)OCC(=O)Nc2cccc(Cl)c2C)CC1=O. The summed E-state index contributed by atoms with van der Waals surface area (Å²) in [5, 5.41) is 3.21. The molecule has 0 aliphatic carbocycles. The summed E-state index contributed by atoms with van der Waals surface area (Å²) in [5.74, 6) is -1.73. The number of esters is 1. The van der Waals surface area contributed by atoms with Gasteiger partial charge in [-0.3, -0.25) is 14.4 Å². The van der Waals surface area contributed by atoms with E-state index in [4.69, 9.17) is 16.3 Å². The summed E-state index contributed by atoms with van der Waals surface area (Å²) in [6.45, 7) is 3.53. The fraction of sp³-hybridized carbons (Fsp3) is 0.286. The number of nitrogens with zero attached hydrogens (tertiary/aromatic N) is 1. The monoisotopic (exact) mass is 400 g/mol. The van der Waals surface area contributed by atoms with E-state index >= 15 is 0 Å². The zero-order valence-electron chi connectivity index (χ0n) is 15.7. The molecule has 0 spiro atoms. The molecular weight excluding hydrogens is 380 g/mol. The number of carbonyl (C=O) groups excluding carboxylic acids is 3. The van der Waals surface area contributed by atoms with Crippen molar-refractivity contribution in [1.82, 2.24) is 0 Å². The van der Waals surface area contributed by atoms with Gasteiger partial charge < -0.3 is 15.0 Å². The minimum atomic E-state index is -0.590. The summed E-state index contributed by atoms with van der Waals surface area (Å²) in [6.07, 6.45) is 0.0716. The highest BCUT2D eigenvalue weighted by Gasteiger charge is 2.36. The molecule has 2 aromatic rings. The van der Waals surface area contributed by atoms with E-state index in [0.717, 1.165) is 16.8 Å². The van der Waals surface area contributed by atoms with Crippen molar-refractivity contribution in [2.24, 2.45) is 5.92 Å². The lowest BCUT2D eigenvalue weighted by Crippen LogP contribution is -2.28. The summed E-state index contributed by atoms with van der Waals surface area (Å²) in [7, 11) is 0. The van der Waals surface area contributed by atoms with E-state index in [1.165, 1.54) is 0 Å². The Balaban J connectivity index is 1.55. The number of rotatable bonds is 5. The Kier molecular flexibility index (Phi) is 5.99. The maximum Gasteiger partial charge on any atom is 0.311 e. The molecule has 1 aliphatic heterocycles. The Morgan fingerprint density at radius 2 is 1.93 bits per heavy atom. The molecule has 1 aliphatic rings. The molecule has 0 saturated carbocycles. The zero-order valence-corrected chi connectivity index (χ0v) is 16.5. The quantitative estimate of drug-likeness (QED) is 0.779. The first kappa shape index (κ1) is 19.9. The van der Waals surface area contributed by atoms with E-state index in [1.54, 1.807) is 30.0 Å². The third-order valence-electron chi connectivity index (χ3n) is 4.75. The van der Waals surface area contributed by atoms with E-state index in [9.17, 15) is 14.4 Å². The third kappa shape index (κ3) is 4.34. The smallest absolute Gasteiger partial charge is 0.311 e. The molecule has 1 N–H and O–H groups in total. The first-order valence-corrected chi connectivity index (χ1v) is 9.32. The van der Waals surface area contributed by atoms with Crippen LogP contribution in [-0.2, 0) is 19.1 Å². The van der Waals surface area contributed by atoms with Gasteiger partial charge >= 0.3 is 5.97 Å². The van der Waals surface area contributed by atoms with Crippen molar-refractivity contribution in [2.75, 3.05) is 23.4 Å². The lowest BCUT2D eigenvalue weighted by Gasteiger charge is -2.18. The first-order chi connectivity index (χ1) is 13.4. The minimum absolute atomic E-state index is 0.0716. The molecule has 2 amide bonds. The second-order valence-electron chi connectivity index (χ2n) is 6.76. The van der Waals surface area contributed by atoms with Gasteiger partial charge in [0.15, 0.2) is 6.61 Å². The fourth-order valence-corrected chi connectivity index (χ4v) is 3.32. The molecule has 3 rings (SSSR count). The number of carbonyl (C=O) groups is 3. The highest BCUT2D eigenvalue weighted by Crippen LogP contribution is 2.28. The number of ether oxygens (including phenoxy) is 1. The Bertz CT molecular complexity index is 928. The highest BCUT2D eigenvalue weighted by molar-refractivity contribution is 6.31. The zero-order chi connectivity index (χ0) is 20.3. The van der Waals surface area contributed by atoms with Crippen LogP contribution in [0.1, 0.15) is 17.5 Å². The fourth-order valence-electron chi connectivity index (χ4n) is 3.15. The lowest BCUT2D eigenvalue weighted by molar-refractivity contribution is -0.151. The molecule has 0 unspecified atom stereocenters. The Morgan fingerprint density at radius 1 is 1.18 bits per heavy atom. The summed E-state index contributed by atoms with van der Waals surface area (Å²) < 4.78 is 5.13. The lowest BCUT2D eigenvalue weighted by atomic mass is 10.1. The molecular formula is C21H21ClN2O4. The van der Waals surface area contributed by atoms with Crippen molar-refractivity contribution in [3.05, 3.63) is 58.6 Å². The number of hydrogen-bond acceptors (Lipinski definition) is 4. The maximum atomic E-state index is 12.3. The summed E-state index contributed by atoms with van der Waals surface area (Å²) in [4.78, 5) is 38.3. The van der Waals surface area contributed by atoms with Gasteiger partial charge in [-0.2, -0.15) is 0 Å². The molecule has 0 radical (unpaired) electrons. The van der Waals surface area contributed by atoms with E-state index in [-0.39, 0.29) is 18.9 Å². The molecule has 6 nitrogen and oxygen atoms in total. The van der Waals surface area contributed by atoms with Gasteiger partial charge in [-0.25, -0.2) is 0 Å². The van der Waals surface area contributed by atoms with Gasteiger partial charge in [0.1, 0.15) is 0 Å². The topological polar surface area (TPSA) is 75.7 Å². The van der Waals surface area contributed by atoms with Gasteiger partial charge in [0, 0.05) is 29.4 Å². The summed E-state index contributed by atoms with van der Waals surface area (Å²) in [6, 6.07) is 12.7. The van der Waals surface area contributed by atoms with Crippen LogP contribution in [0.3, 0.4) is 0 Å². The van der Waals surface area contributed by atoms with Crippen molar-refractivity contribution in [3.8, 4) is 0 Å². The third-order valence-corrected chi connectivity index (χ3v) is 5.16. The van der Waals surface area contributed by atoms with Gasteiger partial charge in [-0.1, -0.05) is 35.9 Å². The predicted octanol–water partition coefficient (Wildman–Crippen LogP) is 3.49. The Labute approximate surface area is 168 Å². The van der Waals surface area contributed by atoms with Gasteiger partial charge in [0.25, 0.3) is 5.91 Å². The molecule has 0 bridgehead atoms. The van der Waals surface area contributed by atoms with Gasteiger partial charge in [0.05, 0.1) is 5.92 Å². The van der Waals surface area contributed by atoms with Crippen LogP contribution < -0.4 is 10.2 Å². The van der Waals surface area contributed by atoms with Crippen LogP contribution in [0.5, 0.6) is 0 Å². The van der Waals surface area contributed by atoms with Crippen LogP contribution in [0.2, 0.25) is 5.02 Å². The molecule has 1 heterocycles. The molecule has 28 heavy (non-hydrogen) atoms. The number of benzene rings is 2. The molecule has 146 valence electrons. The van der Waals surface area contributed by atoms with E-state index in [1.807, 2.05) is 31.2 Å². The van der Waals surface area contributed by atoms with Gasteiger partial charge in [-0.15, -0.1) is 0 Å². The summed E-state index contributed by atoms with van der Waals surface area (Å²) in [5.41, 5.74) is 3.05. The van der Waals surface area contributed by atoms with Crippen LogP contribution >= 0.6 is 11.6 Å². The van der Waals surface area contributed by atoms with E-state index in [2.05, 4.69) is 5.32 Å². The Morgan fingerprint density at radius 3 is 2.68 bits per heavy atom. The number of hydrogen-bond donors (Lipinski definition) is 1. The molecule has 0 aromatic heterocycles. The first-order valence-electron chi connectivity index (χ1n) is 8.94. The van der Waals surface area contributed by atoms with Crippen LogP contribution in [0.25, 0.3) is 0 Å². The van der Waals surface area contributed by atoms with Gasteiger partial charge in [-0.05, 0) is 43.2 Å². The van der Waals surface area contributed by atoms with Crippen LogP contribution in [0, 0.1) is 19.8 Å². The number of anilines is 2. The van der Waals surface area contributed by atoms with Crippen molar-refractivity contribution in [2.45, 2.75) is 20.3 Å². The maximum absolute atomic E-state index is 12.3. The minimum Gasteiger partial charge on any atom is -0.455 e. The predicted molar refractivity (Wildman–Crippen MR) is 107 cm³/mol. The van der Waals surface area contributed by atoms with E-state index < -0.39 is 24.4 Å². The standard InChI is InChI=1S/C21H21ClN2O4/c1-13-6-3-4-9-18(13)24-11-15(10-20(24)26)21(27)28-12-19(25)23-17-8-5-7-16(22)14(17)2/h3-9,15H,10-12H2,1-2H3,(H,23,25)/t15-/m1/s1. The summed E-state index contributed by atoms with van der Waals surface area (Å²) >= 11 is 6.03. The second-order valence-corrected chi connectivity index (χ2v) is 7.17. The average Bonchev–Trinajstić information content (AvgIpc) is 3.05. The molecule has 1 atom stereocenters. The highest BCUT2D eigenvalue weighted by atomic mass is 35.5. The number of halogens is 1. The average molecular weight is 401 g/mol. The van der Waals surface area contributed by atoms with Crippen molar-refractivity contribution in [1.29, 1.82) is 0 Å². The molecule has 7 heteroatoms. The van der Waals surface area contributed by atoms with Crippen molar-refractivity contribution < 1.29 is 19.1 Å². The number of nitrogens with one attached hydrogen (secondary N) is 1. The van der Waals surface area contributed by atoms with Crippen molar-refractivity contribution in [3.63, 3.8) is 0 Å². The number of para-hydroxylation sites is 1. The largest absolute Gasteiger partial charge is 0.455 e. The molecule has 1 fully saturated rings. The molecule has 1 saturated heterocycles. The van der Waals surface area contributed by atoms with E-state index in [0.29, 0.717) is 10.7 Å². The molecule has 2 aromatic carbocycles. The number of aryl methyl sites for hydroxylation is 1. The Hall–Kier alpha value is -2.86. The number of amides is 2. The van der Waals surface area contributed by atoms with Crippen LogP contribution in [0.4, 0.5) is 11.4 Å². The second kappa shape index (κ2) is 8.44. The van der Waals surface area contributed by atoms with Crippen LogP contribution in [-0.4, -0.2) is 30.9 Å². The van der Waals surface area contributed by atoms with Crippen LogP contribution in [0.15, 0.2) is 42.5 Å². The van der Waals surface area contributed by atoms with Crippen molar-refractivity contribution >= 4 is 40.8 Å².